The predicted octanol–water partition coefficient (Wildman–Crippen LogP) is -0.178. The number of primary amides is 2. The number of aromatic hydroxyl groups is 1. The molecule has 642 valence electrons. The number of hydrogen-bond acceptors (Lipinski definition) is 19. The number of imidazole rings is 1. The lowest BCUT2D eigenvalue weighted by Crippen LogP contribution is -2.61. The first-order valence-corrected chi connectivity index (χ1v) is 40.1. The minimum absolute atomic E-state index is 0.00336. The Morgan fingerprint density at radius 1 is 0.534 bits per heavy atom. The van der Waals surface area contributed by atoms with Gasteiger partial charge in [-0.25, -0.2) is 14.2 Å². The van der Waals surface area contributed by atoms with Crippen LogP contribution in [0.25, 0.3) is 10.9 Å². The maximum Gasteiger partial charge on any atom is 0.326 e. The number of rotatable bonds is 48. The van der Waals surface area contributed by atoms with E-state index in [1.54, 1.807) is 33.9 Å². The van der Waals surface area contributed by atoms with Gasteiger partial charge in [-0.15, -0.1) is 0 Å². The third-order valence-electron chi connectivity index (χ3n) is 20.5. The van der Waals surface area contributed by atoms with Crippen molar-refractivity contribution >= 4 is 99.6 Å². The van der Waals surface area contributed by atoms with Crippen LogP contribution in [0.2, 0.25) is 0 Å². The number of fused-ring (bicyclic) bond motifs is 1. The van der Waals surface area contributed by atoms with Crippen molar-refractivity contribution in [3.8, 4) is 5.75 Å². The summed E-state index contributed by atoms with van der Waals surface area (Å²) in [4.78, 5) is 222. The van der Waals surface area contributed by atoms with Gasteiger partial charge in [0.25, 0.3) is 0 Å². The molecule has 2 aliphatic rings. The molecule has 0 aliphatic carbocycles. The van der Waals surface area contributed by atoms with Crippen LogP contribution in [-0.2, 0) is 97.6 Å². The maximum atomic E-state index is 14.8. The predicted molar refractivity (Wildman–Crippen MR) is 430 cm³/mol. The van der Waals surface area contributed by atoms with Crippen molar-refractivity contribution in [3.05, 3.63) is 120 Å². The fourth-order valence-electron chi connectivity index (χ4n) is 14.2. The molecule has 118 heavy (non-hydrogen) atoms. The molecular formula is C81H114FN19O17. The number of para-hydroxylation sites is 1. The molecule has 37 heteroatoms. The molecule has 2 aromatic heterocycles. The van der Waals surface area contributed by atoms with E-state index < -0.39 is 193 Å². The molecular weight excluding hydrogens is 1530 g/mol. The zero-order chi connectivity index (χ0) is 86.3. The number of nitrogens with one attached hydrogen (secondary N) is 12. The standard InChI is InChI=1S/C81H114FN19O17/c1-6-7-15-56(71(107)99-64(81(117)118)38-47-20-24-50(82)25-21-47)93-78(114)66-19-13-34-101(66)80(116)59(29-31-68(86)104)91-69(105)43-89-77(113)65-18-12-33-100(65)79(115)58(17-10-11-32-83)94-74(110)61(36-46(4)5)96-72(108)57(28-30-67(85)103)92-73(109)60(35-45(2)3)97-75(111)62(37-48-22-26-52(102)27-23-48)98-76(112)63(40-51-42-87-44-90-51)95-70(106)54(84)39-49-41-88-55-16-9-8-14-53(49)55/h8-9,14,16,20-27,41-42,44-46,54,56-66,88,102H,6-7,10-13,15,17-19,28-40,43,83-84H2,1-5H3,(H2,85,103)(H2,86,104)(H,87,90)(H,89,113)(H,91,105)(H,92,109)(H,93,114)(H,94,110)(H,95,106)(H,96,108)(H,97,111)(H,98,112)(H,99,107)(H,117,118)/t54-,56-,57-,58-,59-,60-,61-,62-,63-,64-,65-,66-/m0/s1. The number of aliphatic carboxylic acids is 1. The number of halogens is 1. The Labute approximate surface area is 683 Å². The Balaban J connectivity index is 1.01. The summed E-state index contributed by atoms with van der Waals surface area (Å²) in [6.07, 6.45) is 5.20. The van der Waals surface area contributed by atoms with E-state index in [9.17, 15) is 86.5 Å². The molecule has 36 nitrogen and oxygen atoms in total. The number of aromatic nitrogens is 3. The molecule has 0 unspecified atom stereocenters. The smallest absolute Gasteiger partial charge is 0.326 e. The van der Waals surface area contributed by atoms with Crippen molar-refractivity contribution in [3.63, 3.8) is 0 Å². The summed E-state index contributed by atoms with van der Waals surface area (Å²) in [5, 5.41) is 47.5. The molecule has 2 fully saturated rings. The Kier molecular flexibility index (Phi) is 36.5. The van der Waals surface area contributed by atoms with Crippen LogP contribution in [0.3, 0.4) is 0 Å². The van der Waals surface area contributed by atoms with Gasteiger partial charge in [0.05, 0.1) is 24.6 Å². The Bertz CT molecular complexity index is 4280. The van der Waals surface area contributed by atoms with Gasteiger partial charge < -0.3 is 106 Å². The highest BCUT2D eigenvalue weighted by Gasteiger charge is 2.43. The second-order valence-corrected chi connectivity index (χ2v) is 30.9. The number of carboxylic acids is 1. The number of nitrogens with two attached hydrogens (primary N) is 4. The molecule has 2 saturated heterocycles. The second-order valence-electron chi connectivity index (χ2n) is 30.9. The summed E-state index contributed by atoms with van der Waals surface area (Å²) < 4.78 is 13.6. The van der Waals surface area contributed by atoms with Crippen molar-refractivity contribution < 1.29 is 86.5 Å². The van der Waals surface area contributed by atoms with Gasteiger partial charge in [-0.3, -0.25) is 67.1 Å². The lowest BCUT2D eigenvalue weighted by molar-refractivity contribution is -0.144. The van der Waals surface area contributed by atoms with E-state index >= 15 is 0 Å². The van der Waals surface area contributed by atoms with E-state index in [1.807, 2.05) is 31.2 Å². The van der Waals surface area contributed by atoms with E-state index in [0.29, 0.717) is 55.3 Å². The molecule has 12 atom stereocenters. The average molecular weight is 1640 g/mol. The molecule has 14 amide bonds. The normalized spacial score (nSPS) is 16.5. The van der Waals surface area contributed by atoms with Gasteiger partial charge in [0, 0.05) is 68.5 Å². The average Bonchev–Trinajstić information content (AvgIpc) is 1.69. The van der Waals surface area contributed by atoms with Gasteiger partial charge in [0.1, 0.15) is 78.0 Å². The zero-order valence-electron chi connectivity index (χ0n) is 67.3. The number of phenolic OH excluding ortho intramolecular Hbond substituents is 1. The van der Waals surface area contributed by atoms with Crippen molar-refractivity contribution in [2.75, 3.05) is 26.2 Å². The number of unbranched alkanes of at least 4 members (excludes halogenated alkanes) is 2. The van der Waals surface area contributed by atoms with E-state index in [-0.39, 0.29) is 108 Å². The Hall–Kier alpha value is -11.9. The van der Waals surface area contributed by atoms with Crippen LogP contribution >= 0.6 is 0 Å². The largest absolute Gasteiger partial charge is 0.508 e. The topological polar surface area (TPSA) is 572 Å². The highest BCUT2D eigenvalue weighted by molar-refractivity contribution is 6.00. The Morgan fingerprint density at radius 2 is 1.01 bits per heavy atom. The van der Waals surface area contributed by atoms with Crippen LogP contribution in [0.5, 0.6) is 5.75 Å². The number of carbonyl (C=O) groups is 15. The number of benzene rings is 3. The number of H-pyrrole nitrogens is 2. The zero-order valence-corrected chi connectivity index (χ0v) is 67.3. The van der Waals surface area contributed by atoms with E-state index in [1.165, 1.54) is 58.7 Å². The lowest BCUT2D eigenvalue weighted by Gasteiger charge is -2.31. The van der Waals surface area contributed by atoms with E-state index in [2.05, 4.69) is 68.1 Å². The summed E-state index contributed by atoms with van der Waals surface area (Å²) in [7, 11) is 0. The number of likely N-dealkylation sites (tertiary alicyclic amines) is 2. The molecule has 0 spiro atoms. The number of aromatic amines is 2. The fraction of sp³-hybridized carbons (Fsp3) is 0.531. The van der Waals surface area contributed by atoms with Crippen molar-refractivity contribution in [2.24, 2.45) is 34.8 Å². The molecule has 3 aromatic carbocycles. The molecule has 4 heterocycles. The number of nitrogens with zero attached hydrogens (tertiary/aromatic N) is 3. The summed E-state index contributed by atoms with van der Waals surface area (Å²) in [6, 6.07) is 2.03. The molecule has 0 saturated carbocycles. The summed E-state index contributed by atoms with van der Waals surface area (Å²) in [6.45, 7) is 8.38. The first-order valence-electron chi connectivity index (χ1n) is 40.1. The van der Waals surface area contributed by atoms with Crippen LogP contribution in [0.1, 0.15) is 160 Å². The molecule has 2 aliphatic heterocycles. The van der Waals surface area contributed by atoms with Crippen LogP contribution in [0.15, 0.2) is 91.5 Å². The summed E-state index contributed by atoms with van der Waals surface area (Å²) in [5.74, 6) is -14.2. The van der Waals surface area contributed by atoms with Gasteiger partial charge >= 0.3 is 5.97 Å². The minimum atomic E-state index is -1.59. The molecule has 0 bridgehead atoms. The van der Waals surface area contributed by atoms with Crippen molar-refractivity contribution in [2.45, 2.75) is 236 Å². The molecule has 22 N–H and O–H groups in total. The third-order valence-corrected chi connectivity index (χ3v) is 20.5. The third kappa shape index (κ3) is 29.1. The van der Waals surface area contributed by atoms with Gasteiger partial charge in [-0.1, -0.05) is 89.9 Å². The first-order chi connectivity index (χ1) is 56.2. The van der Waals surface area contributed by atoms with Crippen molar-refractivity contribution in [1.29, 1.82) is 0 Å². The highest BCUT2D eigenvalue weighted by Crippen LogP contribution is 2.25. The monoisotopic (exact) mass is 1640 g/mol. The van der Waals surface area contributed by atoms with Crippen molar-refractivity contribution in [1.82, 2.24) is 77.9 Å². The highest BCUT2D eigenvalue weighted by atomic mass is 19.1. The molecule has 0 radical (unpaired) electrons. The van der Waals surface area contributed by atoms with Gasteiger partial charge in [-0.05, 0) is 149 Å². The van der Waals surface area contributed by atoms with E-state index in [4.69, 9.17) is 22.9 Å². The van der Waals surface area contributed by atoms with Crippen LogP contribution in [0.4, 0.5) is 4.39 Å². The van der Waals surface area contributed by atoms with Gasteiger partial charge in [0.2, 0.25) is 82.7 Å². The van der Waals surface area contributed by atoms with Crippen LogP contribution in [0, 0.1) is 17.7 Å². The quantitative estimate of drug-likeness (QED) is 0.0225. The number of carboxylic acid groups (broad SMARTS) is 1. The number of carbonyl (C=O) groups excluding carboxylic acids is 14. The SMILES string of the molecule is CCCC[C@H](NC(=O)[C@@H]1CCCN1C(=O)[C@H](CCC(N)=O)NC(=O)CNC(=O)[C@@H]1CCCN1C(=O)[C@H](CCCCN)NC(=O)[C@H](CC(C)C)NC(=O)[C@H](CCC(N)=O)NC(=O)[C@H](CC(C)C)NC(=O)[C@H](Cc1ccc(O)cc1)NC(=O)[C@H](Cc1c[nH]cn1)NC(=O)[C@@H](N)Cc1c[nH]c2ccccc12)C(=O)N[C@@H](Cc1ccc(F)cc1)C(=O)O. The van der Waals surface area contributed by atoms with Gasteiger partial charge in [-0.2, -0.15) is 0 Å². The van der Waals surface area contributed by atoms with Gasteiger partial charge in [0.15, 0.2) is 0 Å². The lowest BCUT2D eigenvalue weighted by atomic mass is 9.99. The molecule has 7 rings (SSSR count). The van der Waals surface area contributed by atoms with Crippen LogP contribution in [-0.4, -0.2) is 222 Å². The van der Waals surface area contributed by atoms with Crippen LogP contribution < -0.4 is 76.1 Å². The summed E-state index contributed by atoms with van der Waals surface area (Å²) >= 11 is 0. The molecule has 5 aromatic rings. The number of phenols is 1. The number of hydrogen-bond donors (Lipinski definition) is 18. The minimum Gasteiger partial charge on any atom is -0.508 e. The van der Waals surface area contributed by atoms with E-state index in [0.717, 1.165) is 28.6 Å². The fourth-order valence-corrected chi connectivity index (χ4v) is 14.2. The Morgan fingerprint density at radius 3 is 1.56 bits per heavy atom. The maximum absolute atomic E-state index is 14.8. The second kappa shape index (κ2) is 46.2. The first kappa shape index (κ1) is 93.3. The number of amides is 14. The summed E-state index contributed by atoms with van der Waals surface area (Å²) in [5.41, 5.74) is 26.3.